The molecule has 1 amide bonds. The Morgan fingerprint density at radius 3 is 2.62 bits per heavy atom. The van der Waals surface area contributed by atoms with Gasteiger partial charge in [0.25, 0.3) is 5.91 Å². The van der Waals surface area contributed by atoms with Crippen LogP contribution in [0, 0.1) is 0 Å². The SMILES string of the molecule is CC(=O)c1cc(C(=O)NCCO)ccc1O. The Labute approximate surface area is 92.7 Å². The number of aliphatic hydroxyl groups is 1. The third-order valence-electron chi connectivity index (χ3n) is 2.04. The number of hydrogen-bond acceptors (Lipinski definition) is 4. The van der Waals surface area contributed by atoms with Crippen LogP contribution in [-0.2, 0) is 0 Å². The molecule has 0 radical (unpaired) electrons. The molecule has 0 saturated heterocycles. The molecular formula is C11H13NO4. The van der Waals surface area contributed by atoms with Gasteiger partial charge in [-0.3, -0.25) is 9.59 Å². The highest BCUT2D eigenvalue weighted by atomic mass is 16.3. The van der Waals surface area contributed by atoms with Crippen LogP contribution >= 0.6 is 0 Å². The fraction of sp³-hybridized carbons (Fsp3) is 0.273. The van der Waals surface area contributed by atoms with Crippen molar-refractivity contribution in [3.8, 4) is 5.75 Å². The predicted octanol–water partition coefficient (Wildman–Crippen LogP) is 0.317. The van der Waals surface area contributed by atoms with E-state index in [2.05, 4.69) is 5.32 Å². The predicted molar refractivity (Wildman–Crippen MR) is 57.5 cm³/mol. The lowest BCUT2D eigenvalue weighted by atomic mass is 10.1. The summed E-state index contributed by atoms with van der Waals surface area (Å²) in [6, 6.07) is 4.03. The maximum atomic E-state index is 11.5. The van der Waals surface area contributed by atoms with Crippen LogP contribution in [-0.4, -0.2) is 35.1 Å². The quantitative estimate of drug-likeness (QED) is 0.641. The molecule has 0 atom stereocenters. The Kier molecular flexibility index (Phi) is 4.02. The summed E-state index contributed by atoms with van der Waals surface area (Å²) in [5.41, 5.74) is 0.382. The van der Waals surface area contributed by atoms with Crippen LogP contribution in [0.4, 0.5) is 0 Å². The average Bonchev–Trinajstić information content (AvgIpc) is 2.26. The molecule has 0 saturated carbocycles. The van der Waals surface area contributed by atoms with E-state index in [9.17, 15) is 14.7 Å². The summed E-state index contributed by atoms with van der Waals surface area (Å²) < 4.78 is 0. The fourth-order valence-corrected chi connectivity index (χ4v) is 1.23. The largest absolute Gasteiger partial charge is 0.507 e. The van der Waals surface area contributed by atoms with Gasteiger partial charge in [0.15, 0.2) is 5.78 Å². The highest BCUT2D eigenvalue weighted by Crippen LogP contribution is 2.18. The number of benzene rings is 1. The summed E-state index contributed by atoms with van der Waals surface area (Å²) in [7, 11) is 0. The first-order chi connectivity index (χ1) is 7.56. The minimum Gasteiger partial charge on any atom is -0.507 e. The Morgan fingerprint density at radius 2 is 2.06 bits per heavy atom. The highest BCUT2D eigenvalue weighted by Gasteiger charge is 2.11. The minimum absolute atomic E-state index is 0.108. The van der Waals surface area contributed by atoms with Gasteiger partial charge in [-0.15, -0.1) is 0 Å². The number of aliphatic hydroxyl groups excluding tert-OH is 1. The summed E-state index contributed by atoms with van der Waals surface area (Å²) in [4.78, 5) is 22.6. The molecule has 0 heterocycles. The van der Waals surface area contributed by atoms with E-state index in [1.807, 2.05) is 0 Å². The lowest BCUT2D eigenvalue weighted by Crippen LogP contribution is -2.26. The third kappa shape index (κ3) is 2.80. The van der Waals surface area contributed by atoms with E-state index in [0.717, 1.165) is 0 Å². The molecule has 1 aromatic carbocycles. The number of amides is 1. The Morgan fingerprint density at radius 1 is 1.38 bits per heavy atom. The molecule has 0 aliphatic carbocycles. The molecule has 0 bridgehead atoms. The zero-order chi connectivity index (χ0) is 12.1. The summed E-state index contributed by atoms with van der Waals surface area (Å²) in [5, 5.41) is 20.4. The molecule has 1 aromatic rings. The van der Waals surface area contributed by atoms with Gasteiger partial charge in [-0.1, -0.05) is 0 Å². The van der Waals surface area contributed by atoms with Crippen LogP contribution in [0.5, 0.6) is 5.75 Å². The third-order valence-corrected chi connectivity index (χ3v) is 2.04. The molecule has 0 fully saturated rings. The van der Waals surface area contributed by atoms with Crippen LogP contribution < -0.4 is 5.32 Å². The standard InChI is InChI=1S/C11H13NO4/c1-7(14)9-6-8(2-3-10(9)15)11(16)12-4-5-13/h2-3,6,13,15H,4-5H2,1H3,(H,12,16). The number of ketones is 1. The van der Waals surface area contributed by atoms with Crippen molar-refractivity contribution in [2.75, 3.05) is 13.2 Å². The number of phenols is 1. The first-order valence-corrected chi connectivity index (χ1v) is 4.79. The number of carbonyl (C=O) groups excluding carboxylic acids is 2. The Bertz CT molecular complexity index is 414. The molecule has 1 rings (SSSR count). The number of carbonyl (C=O) groups is 2. The van der Waals surface area contributed by atoms with E-state index in [4.69, 9.17) is 5.11 Å². The minimum atomic E-state index is -0.392. The van der Waals surface area contributed by atoms with Crippen molar-refractivity contribution >= 4 is 11.7 Å². The number of rotatable bonds is 4. The molecule has 0 spiro atoms. The maximum absolute atomic E-state index is 11.5. The Balaban J connectivity index is 2.94. The van der Waals surface area contributed by atoms with E-state index >= 15 is 0 Å². The summed E-state index contributed by atoms with van der Waals surface area (Å²) in [5.74, 6) is -0.850. The second kappa shape index (κ2) is 5.27. The van der Waals surface area contributed by atoms with E-state index < -0.39 is 5.91 Å². The lowest BCUT2D eigenvalue weighted by Gasteiger charge is -2.05. The van der Waals surface area contributed by atoms with Gasteiger partial charge in [0.2, 0.25) is 0 Å². The van der Waals surface area contributed by atoms with Crippen molar-refractivity contribution in [2.45, 2.75) is 6.92 Å². The first kappa shape index (κ1) is 12.2. The smallest absolute Gasteiger partial charge is 0.251 e. The monoisotopic (exact) mass is 223 g/mol. The first-order valence-electron chi connectivity index (χ1n) is 4.79. The maximum Gasteiger partial charge on any atom is 0.251 e. The number of nitrogens with one attached hydrogen (secondary N) is 1. The van der Waals surface area contributed by atoms with E-state index in [1.165, 1.54) is 25.1 Å². The van der Waals surface area contributed by atoms with Gasteiger partial charge in [-0.05, 0) is 25.1 Å². The van der Waals surface area contributed by atoms with Gasteiger partial charge in [0, 0.05) is 12.1 Å². The van der Waals surface area contributed by atoms with Crippen LogP contribution in [0.3, 0.4) is 0 Å². The Hall–Kier alpha value is -1.88. The van der Waals surface area contributed by atoms with Gasteiger partial charge in [-0.2, -0.15) is 0 Å². The zero-order valence-corrected chi connectivity index (χ0v) is 8.86. The number of hydrogen-bond donors (Lipinski definition) is 3. The van der Waals surface area contributed by atoms with Gasteiger partial charge in [-0.25, -0.2) is 0 Å². The molecule has 3 N–H and O–H groups in total. The average molecular weight is 223 g/mol. The number of phenolic OH excluding ortho intramolecular Hbond substituents is 1. The number of aromatic hydroxyl groups is 1. The van der Waals surface area contributed by atoms with Gasteiger partial charge < -0.3 is 15.5 Å². The highest BCUT2D eigenvalue weighted by molar-refractivity contribution is 6.01. The van der Waals surface area contributed by atoms with Gasteiger partial charge in [0.1, 0.15) is 5.75 Å². The van der Waals surface area contributed by atoms with Crippen molar-refractivity contribution in [1.82, 2.24) is 5.32 Å². The normalized spacial score (nSPS) is 9.88. The van der Waals surface area contributed by atoms with E-state index in [0.29, 0.717) is 0 Å². The summed E-state index contributed by atoms with van der Waals surface area (Å²) in [6.07, 6.45) is 0. The van der Waals surface area contributed by atoms with Crippen molar-refractivity contribution in [2.24, 2.45) is 0 Å². The summed E-state index contributed by atoms with van der Waals surface area (Å²) in [6.45, 7) is 1.31. The molecule has 86 valence electrons. The molecule has 5 nitrogen and oxygen atoms in total. The van der Waals surface area contributed by atoms with Gasteiger partial charge in [0.05, 0.1) is 12.2 Å². The molecule has 0 aromatic heterocycles. The second-order valence-corrected chi connectivity index (χ2v) is 3.27. The molecule has 5 heteroatoms. The van der Waals surface area contributed by atoms with Crippen LogP contribution in [0.25, 0.3) is 0 Å². The van der Waals surface area contributed by atoms with Crippen molar-refractivity contribution in [3.63, 3.8) is 0 Å². The fourth-order valence-electron chi connectivity index (χ4n) is 1.23. The molecule has 16 heavy (non-hydrogen) atoms. The zero-order valence-electron chi connectivity index (χ0n) is 8.86. The van der Waals surface area contributed by atoms with Crippen LogP contribution in [0.2, 0.25) is 0 Å². The van der Waals surface area contributed by atoms with Crippen molar-refractivity contribution in [1.29, 1.82) is 0 Å². The molecule has 0 unspecified atom stereocenters. The second-order valence-electron chi connectivity index (χ2n) is 3.27. The van der Waals surface area contributed by atoms with E-state index in [-0.39, 0.29) is 35.8 Å². The topological polar surface area (TPSA) is 86.6 Å². The molecular weight excluding hydrogens is 210 g/mol. The van der Waals surface area contributed by atoms with Crippen LogP contribution in [0.1, 0.15) is 27.6 Å². The number of Topliss-reactive ketones (excluding diaryl/α,β-unsaturated/α-hetero) is 1. The lowest BCUT2D eigenvalue weighted by molar-refractivity contribution is 0.0945. The van der Waals surface area contributed by atoms with Crippen molar-refractivity contribution in [3.05, 3.63) is 29.3 Å². The van der Waals surface area contributed by atoms with E-state index in [1.54, 1.807) is 0 Å². The molecule has 0 aliphatic heterocycles. The molecule has 0 aliphatic rings. The summed E-state index contributed by atoms with van der Waals surface area (Å²) >= 11 is 0. The van der Waals surface area contributed by atoms with Gasteiger partial charge >= 0.3 is 0 Å². The van der Waals surface area contributed by atoms with Crippen LogP contribution in [0.15, 0.2) is 18.2 Å². The van der Waals surface area contributed by atoms with Crippen molar-refractivity contribution < 1.29 is 19.8 Å².